The number of benzene rings is 1. The van der Waals surface area contributed by atoms with Gasteiger partial charge in [0.1, 0.15) is 11.9 Å². The Morgan fingerprint density at radius 1 is 1.29 bits per heavy atom. The van der Waals surface area contributed by atoms with Crippen molar-refractivity contribution < 1.29 is 9.13 Å². The molecule has 5 nitrogen and oxygen atoms in total. The Morgan fingerprint density at radius 2 is 2.06 bits per heavy atom. The summed E-state index contributed by atoms with van der Waals surface area (Å²) in [6, 6.07) is 5.52. The minimum atomic E-state index is -0.463. The van der Waals surface area contributed by atoms with Crippen LogP contribution in [0.3, 0.4) is 0 Å². The molecule has 0 saturated heterocycles. The van der Waals surface area contributed by atoms with Gasteiger partial charge in [0.2, 0.25) is 5.69 Å². The molecule has 0 radical (unpaired) electrons. The number of nitrogens with zero attached hydrogens (tertiary/aromatic N) is 3. The Bertz CT molecular complexity index is 594. The third-order valence-electron chi connectivity index (χ3n) is 1.95. The first-order valence-corrected chi connectivity index (χ1v) is 4.64. The lowest BCUT2D eigenvalue weighted by Crippen LogP contribution is -1.97. The summed E-state index contributed by atoms with van der Waals surface area (Å²) in [4.78, 5) is 7.63. The quantitative estimate of drug-likeness (QED) is 0.796. The molecule has 0 aliphatic carbocycles. The number of hydrogen-bond donors (Lipinski definition) is 1. The lowest BCUT2D eigenvalue weighted by Gasteiger charge is -2.07. The van der Waals surface area contributed by atoms with Crippen molar-refractivity contribution in [3.63, 3.8) is 0 Å². The van der Waals surface area contributed by atoms with Gasteiger partial charge in [-0.05, 0) is 12.1 Å². The van der Waals surface area contributed by atoms with Crippen LogP contribution in [0.25, 0.3) is 0 Å². The molecule has 0 bridgehead atoms. The molecular weight excluding hydrogens is 223 g/mol. The van der Waals surface area contributed by atoms with E-state index in [-0.39, 0.29) is 23.0 Å². The summed E-state index contributed by atoms with van der Waals surface area (Å²) < 4.78 is 18.1. The number of aromatic nitrogens is 2. The fourth-order valence-electron chi connectivity index (χ4n) is 1.19. The lowest BCUT2D eigenvalue weighted by atomic mass is 10.3. The maximum atomic E-state index is 12.8. The molecule has 0 saturated carbocycles. The highest BCUT2D eigenvalue weighted by molar-refractivity contribution is 5.54. The summed E-state index contributed by atoms with van der Waals surface area (Å²) in [5, 5.41) is 8.79. The Labute approximate surface area is 96.3 Å². The van der Waals surface area contributed by atoms with Crippen molar-refractivity contribution in [2.75, 3.05) is 5.73 Å². The second-order valence-electron chi connectivity index (χ2n) is 3.11. The molecule has 0 fully saturated rings. The van der Waals surface area contributed by atoms with Gasteiger partial charge >= 0.3 is 0 Å². The Morgan fingerprint density at radius 3 is 2.76 bits per heavy atom. The molecule has 84 valence electrons. The Kier molecular flexibility index (Phi) is 2.83. The molecule has 0 unspecified atom stereocenters. The van der Waals surface area contributed by atoms with E-state index in [9.17, 15) is 4.39 Å². The molecule has 0 amide bonds. The number of nitriles is 1. The van der Waals surface area contributed by atoms with Crippen molar-refractivity contribution >= 4 is 5.69 Å². The largest absolute Gasteiger partial charge is 0.434 e. The molecule has 0 aliphatic heterocycles. The van der Waals surface area contributed by atoms with Crippen molar-refractivity contribution in [1.29, 1.82) is 5.26 Å². The highest BCUT2D eigenvalue weighted by atomic mass is 19.1. The number of ether oxygens (including phenoxy) is 1. The summed E-state index contributed by atoms with van der Waals surface area (Å²) in [5.74, 6) is -0.203. The van der Waals surface area contributed by atoms with E-state index in [4.69, 9.17) is 15.7 Å². The van der Waals surface area contributed by atoms with Gasteiger partial charge < -0.3 is 10.5 Å². The number of halogens is 1. The molecule has 17 heavy (non-hydrogen) atoms. The molecule has 1 aromatic heterocycles. The van der Waals surface area contributed by atoms with E-state index in [1.807, 2.05) is 6.07 Å². The Hall–Kier alpha value is -2.68. The molecular formula is C11H7FN4O. The number of nitrogens with two attached hydrogens (primary N) is 1. The monoisotopic (exact) mass is 230 g/mol. The van der Waals surface area contributed by atoms with Crippen molar-refractivity contribution in [3.05, 3.63) is 42.1 Å². The van der Waals surface area contributed by atoms with Gasteiger partial charge in [0.25, 0.3) is 5.88 Å². The van der Waals surface area contributed by atoms with Gasteiger partial charge in [-0.25, -0.2) is 14.4 Å². The van der Waals surface area contributed by atoms with Gasteiger partial charge in [0.05, 0.1) is 5.69 Å². The first kappa shape index (κ1) is 10.8. The van der Waals surface area contributed by atoms with Gasteiger partial charge in [0.15, 0.2) is 5.75 Å². The van der Waals surface area contributed by atoms with Gasteiger partial charge in [-0.2, -0.15) is 5.26 Å². The second-order valence-corrected chi connectivity index (χ2v) is 3.11. The molecule has 2 rings (SSSR count). The van der Waals surface area contributed by atoms with Gasteiger partial charge in [-0.3, -0.25) is 0 Å². The molecule has 1 heterocycles. The van der Waals surface area contributed by atoms with Crippen LogP contribution in [0.5, 0.6) is 11.6 Å². The first-order valence-electron chi connectivity index (χ1n) is 4.64. The standard InChI is InChI=1S/C11H7FN4O/c12-7-1-2-10(8(14)5-7)17-11-9(6-13)15-3-4-16-11/h1-5H,14H2. The molecule has 0 aliphatic rings. The van der Waals surface area contributed by atoms with Crippen LogP contribution in [-0.2, 0) is 0 Å². The lowest BCUT2D eigenvalue weighted by molar-refractivity contribution is 0.459. The summed E-state index contributed by atoms with van der Waals surface area (Å²) in [5.41, 5.74) is 5.73. The normalized spacial score (nSPS) is 9.65. The van der Waals surface area contributed by atoms with Gasteiger partial charge in [-0.1, -0.05) is 0 Å². The fraction of sp³-hybridized carbons (Fsp3) is 0. The summed E-state index contributed by atoms with van der Waals surface area (Å²) in [7, 11) is 0. The Balaban J connectivity index is 2.35. The van der Waals surface area contributed by atoms with E-state index in [2.05, 4.69) is 9.97 Å². The van der Waals surface area contributed by atoms with Gasteiger partial charge in [0, 0.05) is 18.5 Å². The molecule has 0 atom stereocenters. The van der Waals surface area contributed by atoms with Crippen LogP contribution in [0.15, 0.2) is 30.6 Å². The second kappa shape index (κ2) is 4.45. The van der Waals surface area contributed by atoms with Crippen LogP contribution in [0.4, 0.5) is 10.1 Å². The number of rotatable bonds is 2. The van der Waals surface area contributed by atoms with Crippen LogP contribution < -0.4 is 10.5 Å². The zero-order valence-electron chi connectivity index (χ0n) is 8.59. The van der Waals surface area contributed by atoms with E-state index in [0.717, 1.165) is 6.07 Å². The number of nitrogen functional groups attached to an aromatic ring is 1. The van der Waals surface area contributed by atoms with Crippen molar-refractivity contribution in [2.45, 2.75) is 0 Å². The average molecular weight is 230 g/mol. The summed E-state index contributed by atoms with van der Waals surface area (Å²) >= 11 is 0. The van der Waals surface area contributed by atoms with Crippen molar-refractivity contribution in [1.82, 2.24) is 9.97 Å². The molecule has 1 aromatic carbocycles. The third-order valence-corrected chi connectivity index (χ3v) is 1.95. The maximum Gasteiger partial charge on any atom is 0.256 e. The van der Waals surface area contributed by atoms with Crippen LogP contribution >= 0.6 is 0 Å². The van der Waals surface area contributed by atoms with Crippen LogP contribution in [0.2, 0.25) is 0 Å². The highest BCUT2D eigenvalue weighted by Gasteiger charge is 2.09. The topological polar surface area (TPSA) is 84.8 Å². The van der Waals surface area contributed by atoms with Crippen molar-refractivity contribution in [3.8, 4) is 17.7 Å². The summed E-state index contributed by atoms with van der Waals surface area (Å²) in [6.45, 7) is 0. The highest BCUT2D eigenvalue weighted by Crippen LogP contribution is 2.27. The first-order chi connectivity index (χ1) is 8.20. The maximum absolute atomic E-state index is 12.8. The fourth-order valence-corrected chi connectivity index (χ4v) is 1.19. The SMILES string of the molecule is N#Cc1nccnc1Oc1ccc(F)cc1N. The zero-order chi connectivity index (χ0) is 12.3. The van der Waals surface area contributed by atoms with Crippen LogP contribution in [0.1, 0.15) is 5.69 Å². The number of hydrogen-bond acceptors (Lipinski definition) is 5. The molecule has 2 N–H and O–H groups in total. The van der Waals surface area contributed by atoms with E-state index < -0.39 is 5.82 Å². The van der Waals surface area contributed by atoms with Crippen LogP contribution in [-0.4, -0.2) is 9.97 Å². The zero-order valence-corrected chi connectivity index (χ0v) is 8.59. The molecule has 0 spiro atoms. The van der Waals surface area contributed by atoms with Gasteiger partial charge in [-0.15, -0.1) is 0 Å². The predicted octanol–water partition coefficient (Wildman–Crippen LogP) is 1.86. The minimum absolute atomic E-state index is 0.0355. The van der Waals surface area contributed by atoms with Crippen LogP contribution in [0, 0.1) is 17.1 Å². The molecule has 2 aromatic rings. The average Bonchev–Trinajstić information content (AvgIpc) is 2.33. The van der Waals surface area contributed by atoms with E-state index in [1.54, 1.807) is 0 Å². The number of anilines is 1. The van der Waals surface area contributed by atoms with E-state index >= 15 is 0 Å². The van der Waals surface area contributed by atoms with E-state index in [1.165, 1.54) is 24.5 Å². The predicted molar refractivity (Wildman–Crippen MR) is 57.6 cm³/mol. The molecule has 6 heteroatoms. The smallest absolute Gasteiger partial charge is 0.256 e. The van der Waals surface area contributed by atoms with Crippen molar-refractivity contribution in [2.24, 2.45) is 0 Å². The summed E-state index contributed by atoms with van der Waals surface area (Å²) in [6.07, 6.45) is 2.76. The van der Waals surface area contributed by atoms with E-state index in [0.29, 0.717) is 0 Å². The third kappa shape index (κ3) is 2.29. The minimum Gasteiger partial charge on any atom is -0.434 e.